The molecule has 0 N–H and O–H groups in total. The summed E-state index contributed by atoms with van der Waals surface area (Å²) in [5.41, 5.74) is 34.4. The Morgan fingerprint density at radius 3 is 0.858 bits per heavy atom. The number of nitrogens with zero attached hydrogens (tertiary/aromatic N) is 7. The molecule has 12 heteroatoms. The van der Waals surface area contributed by atoms with E-state index in [4.69, 9.17) is 0 Å². The Hall–Kier alpha value is -12.1. The molecule has 0 bridgehead atoms. The van der Waals surface area contributed by atoms with Gasteiger partial charge in [0, 0.05) is 144 Å². The van der Waals surface area contributed by atoms with Crippen molar-refractivity contribution in [2.24, 2.45) is 0 Å². The van der Waals surface area contributed by atoms with Crippen LogP contribution >= 0.6 is 0 Å². The number of hydrogen-bond acceptors (Lipinski definition) is 7. The number of benzene rings is 12. The molecule has 0 saturated heterocycles. The molecule has 0 unspecified atom stereocenters. The maximum Gasteiger partial charge on any atom is 0.0198 e. The topological polar surface area (TPSA) is 90.2 Å². The van der Waals surface area contributed by atoms with Crippen molar-refractivity contribution in [3.05, 3.63) is 501 Å². The maximum atomic E-state index is 4.62. The second-order valence-electron chi connectivity index (χ2n) is 34.0. The quantitative estimate of drug-likeness (QED) is 0.106. The van der Waals surface area contributed by atoms with E-state index in [-0.39, 0.29) is 111 Å². The van der Waals surface area contributed by atoms with Gasteiger partial charge in [-0.05, 0) is 170 Å². The fourth-order valence-electron chi connectivity index (χ4n) is 14.1. The summed E-state index contributed by atoms with van der Waals surface area (Å²) >= 11 is 0. The zero-order chi connectivity index (χ0) is 89.6. The predicted octanol–water partition coefficient (Wildman–Crippen LogP) is 30.7. The summed E-state index contributed by atoms with van der Waals surface area (Å²) in [6, 6.07) is 152. The fourth-order valence-corrected chi connectivity index (χ4v) is 14.1. The average Bonchev–Trinajstić information content (AvgIpc) is 1.63. The molecule has 1 saturated carbocycles. The molecule has 1 fully saturated rings. The molecular weight excluding hydrogens is 2520 g/mol. The summed E-state index contributed by atoms with van der Waals surface area (Å²) in [4.78, 5) is 31.1. The minimum Gasteiger partial charge on any atom is -0.305 e. The third-order valence-electron chi connectivity index (χ3n) is 22.2. The summed E-state index contributed by atoms with van der Waals surface area (Å²) in [6.45, 7) is 21.8. The molecule has 0 atom stereocenters. The monoisotopic (exact) mass is 2630 g/mol. The van der Waals surface area contributed by atoms with Crippen molar-refractivity contribution in [3.8, 4) is 134 Å². The first-order chi connectivity index (χ1) is 62.8. The van der Waals surface area contributed by atoms with Gasteiger partial charge in [0.2, 0.25) is 0 Å². The normalized spacial score (nSPS) is 11.1. The average molecular weight is 2630 g/mol. The maximum absolute atomic E-state index is 4.62. The third kappa shape index (κ3) is 31.0. The molecule has 0 aliphatic heterocycles. The Morgan fingerprint density at radius 1 is 0.224 bits per heavy atom. The van der Waals surface area contributed by atoms with E-state index in [9.17, 15) is 0 Å². The Balaban J connectivity index is 0.000000176. The molecule has 19 aromatic rings. The summed E-state index contributed by atoms with van der Waals surface area (Å²) in [7, 11) is 0. The van der Waals surface area contributed by atoms with Crippen LogP contribution in [0.2, 0.25) is 0 Å². The van der Waals surface area contributed by atoms with Crippen LogP contribution in [0, 0.1) is 63.2 Å². The largest absolute Gasteiger partial charge is 0.305 e. The first-order valence-electron chi connectivity index (χ1n) is 43.7. The molecule has 1 aliphatic rings. The molecule has 5 radical (unpaired) electrons. The molecule has 0 amide bonds. The molecule has 679 valence electrons. The van der Waals surface area contributed by atoms with Crippen LogP contribution in [0.4, 0.5) is 0 Å². The Kier molecular flexibility index (Phi) is 41.4. The van der Waals surface area contributed by atoms with Crippen molar-refractivity contribution < 1.29 is 101 Å². The molecule has 20 rings (SSSR count). The van der Waals surface area contributed by atoms with Gasteiger partial charge in [-0.3, -0.25) is 0 Å². The van der Waals surface area contributed by atoms with Gasteiger partial charge in [-0.2, -0.15) is 0 Å². The van der Waals surface area contributed by atoms with E-state index in [1.165, 1.54) is 102 Å². The van der Waals surface area contributed by atoms with Crippen LogP contribution in [-0.2, 0) is 117 Å². The minimum atomic E-state index is 0. The summed E-state index contributed by atoms with van der Waals surface area (Å²) < 4.78 is 0. The molecule has 12 aromatic carbocycles. The van der Waals surface area contributed by atoms with Gasteiger partial charge in [-0.1, -0.05) is 272 Å². The number of hydrogen-bond donors (Lipinski definition) is 0. The third-order valence-corrected chi connectivity index (χ3v) is 22.2. The Bertz CT molecular complexity index is 6410. The summed E-state index contributed by atoms with van der Waals surface area (Å²) in [5.74, 6) is 0. The van der Waals surface area contributed by atoms with E-state index in [0.29, 0.717) is 5.41 Å². The van der Waals surface area contributed by atoms with E-state index in [0.717, 1.165) is 78.8 Å². The second kappa shape index (κ2) is 52.6. The second-order valence-corrected chi connectivity index (χ2v) is 34.0. The van der Waals surface area contributed by atoms with E-state index in [1.807, 2.05) is 190 Å². The smallest absolute Gasteiger partial charge is 0.0198 e. The van der Waals surface area contributed by atoms with Gasteiger partial charge in [0.1, 0.15) is 0 Å². The predicted molar refractivity (Wildman–Crippen MR) is 535 cm³/mol. The minimum absolute atomic E-state index is 0. The van der Waals surface area contributed by atoms with Gasteiger partial charge in [-0.25, -0.2) is 0 Å². The molecule has 7 heterocycles. The zero-order valence-electron chi connectivity index (χ0n) is 76.6. The van der Waals surface area contributed by atoms with Gasteiger partial charge in [-0.15, -0.1) is 249 Å². The molecule has 1 aliphatic carbocycles. The van der Waals surface area contributed by atoms with Crippen molar-refractivity contribution in [2.45, 2.75) is 98.3 Å². The number of aryl methyl sites for hydroxylation is 3. The van der Waals surface area contributed by atoms with Gasteiger partial charge in [0.25, 0.3) is 0 Å². The molecule has 0 spiro atoms. The first-order valence-corrected chi connectivity index (χ1v) is 43.7. The van der Waals surface area contributed by atoms with Crippen LogP contribution in [0.3, 0.4) is 0 Å². The van der Waals surface area contributed by atoms with Gasteiger partial charge < -0.3 is 34.9 Å². The van der Waals surface area contributed by atoms with Crippen molar-refractivity contribution >= 4 is 0 Å². The van der Waals surface area contributed by atoms with Crippen molar-refractivity contribution in [3.63, 3.8) is 0 Å². The number of rotatable bonds is 13. The van der Waals surface area contributed by atoms with Crippen LogP contribution in [0.1, 0.15) is 94.7 Å². The van der Waals surface area contributed by atoms with E-state index >= 15 is 0 Å². The van der Waals surface area contributed by atoms with Crippen LogP contribution in [0.15, 0.2) is 426 Å². The molecule has 7 aromatic heterocycles. The van der Waals surface area contributed by atoms with E-state index < -0.39 is 0 Å². The van der Waals surface area contributed by atoms with Gasteiger partial charge in [0.15, 0.2) is 0 Å². The number of pyridine rings is 7. The molecular formula is C122H104Ir5N7-7. The van der Waals surface area contributed by atoms with E-state index in [2.05, 4.69) is 370 Å². The molecule has 7 nitrogen and oxygen atoms in total. The summed E-state index contributed by atoms with van der Waals surface area (Å²) in [5, 5.41) is 0. The first kappa shape index (κ1) is 106. The van der Waals surface area contributed by atoms with E-state index in [1.54, 1.807) is 12.4 Å². The zero-order valence-corrected chi connectivity index (χ0v) is 88.6. The van der Waals surface area contributed by atoms with Gasteiger partial charge >= 0.3 is 0 Å². The standard InChI is InChI=1S/C21H18N.2C21H20N.C19H16N.C18H14N.2C11H8N.5Ir/c1-21(11-12-21)19-10-13-22-20(15-19)18-9-5-8-17(14-18)16-6-3-2-4-7-16;1-21(2,3)19-12-13-22-20(15-19)18-11-7-10-17(14-18)16-8-5-4-6-9-16;1-21(2,3)19-12-13-20(22-15-19)18-11-7-10-17(14-18)16-8-5-4-6-9-16;1-14-11-19(20-13-15(14)2)18-10-6-9-17(12-18)16-7-4-3-5-8-16;1-14-10-11-18(19-13-14)17-9-5-8-16(12-17)15-6-3-2-4-7-15;2*1-2-6-10(7-3-1)11-8-4-5-9-12-11;;;;;/h2-8,10,13-15H,11-12H2,1H3;2*4-10,12-15H,1-3H3;3-9,11-13H,1-2H3;2-8,10-13H,1H3;2*1-6,8-9H;;;;;/q7*-1;;;;;. The molecule has 134 heavy (non-hydrogen) atoms. The SMILES string of the molecule is CC(C)(C)c1ccc(-c2[c-]ccc(-c3ccccc3)c2)nc1.CC(C)(C)c1ccnc(-c2[c-]ccc(-c3ccccc3)c2)c1.CC1(c2ccnc(-c3[c-]ccc(-c4ccccc4)c3)c2)CC1.Cc1ccc(-c2[c-]ccc(-c3ccccc3)c2)nc1.Cc1cnc(-c2[c-]ccc(-c3ccccc3)c2)cc1C.[Ir].[Ir].[Ir].[Ir].[Ir].[c-]1ccccc1-c1ccccn1.[c-]1ccccc1-c1ccccn1. The Morgan fingerprint density at radius 2 is 0.537 bits per heavy atom. The van der Waals surface area contributed by atoms with Crippen LogP contribution in [-0.4, -0.2) is 34.9 Å². The van der Waals surface area contributed by atoms with Crippen LogP contribution in [0.25, 0.3) is 134 Å². The number of aromatic nitrogens is 7. The fraction of sp³-hybridized carbons (Fsp3) is 0.123. The van der Waals surface area contributed by atoms with Crippen molar-refractivity contribution in [1.82, 2.24) is 34.9 Å². The summed E-state index contributed by atoms with van der Waals surface area (Å²) in [6.07, 6.45) is 15.7. The Labute approximate surface area is 861 Å². The van der Waals surface area contributed by atoms with Crippen LogP contribution in [0.5, 0.6) is 0 Å². The van der Waals surface area contributed by atoms with Crippen LogP contribution < -0.4 is 0 Å². The van der Waals surface area contributed by atoms with Gasteiger partial charge in [0.05, 0.1) is 0 Å². The van der Waals surface area contributed by atoms with Crippen molar-refractivity contribution in [2.75, 3.05) is 0 Å². The van der Waals surface area contributed by atoms with Crippen molar-refractivity contribution in [1.29, 1.82) is 0 Å².